The quantitative estimate of drug-likeness (QED) is 0.755. The van der Waals surface area contributed by atoms with Crippen LogP contribution in [0.25, 0.3) is 0 Å². The summed E-state index contributed by atoms with van der Waals surface area (Å²) in [6, 6.07) is 8.77. The van der Waals surface area contributed by atoms with E-state index < -0.39 is 0 Å². The van der Waals surface area contributed by atoms with E-state index in [1.165, 1.54) is 16.7 Å². The Bertz CT molecular complexity index is 258. The summed E-state index contributed by atoms with van der Waals surface area (Å²) in [5.41, 5.74) is 1.23. The summed E-state index contributed by atoms with van der Waals surface area (Å²) in [5.74, 6) is 0. The Labute approximate surface area is 88.6 Å². The maximum Gasteiger partial charge on any atom is 0.0366 e. The molecule has 0 heterocycles. The zero-order valence-corrected chi connectivity index (χ0v) is 9.69. The molecular formula is C10H14ClNS. The van der Waals surface area contributed by atoms with Gasteiger partial charge in [-0.05, 0) is 59.8 Å². The summed E-state index contributed by atoms with van der Waals surface area (Å²) in [5, 5.41) is 0. The molecule has 1 rings (SSSR count). The third kappa shape index (κ3) is 2.82. The predicted octanol–water partition coefficient (Wildman–Crippen LogP) is 3.78. The van der Waals surface area contributed by atoms with Crippen molar-refractivity contribution in [3.63, 3.8) is 0 Å². The molecule has 3 heteroatoms. The van der Waals surface area contributed by atoms with Crippen molar-refractivity contribution in [2.75, 3.05) is 11.9 Å². The van der Waals surface area contributed by atoms with Gasteiger partial charge in [0, 0.05) is 23.7 Å². The Morgan fingerprint density at radius 2 is 1.77 bits per heavy atom. The number of nitrogens with zero attached hydrogens (tertiary/aromatic N) is 1. The highest BCUT2D eigenvalue weighted by atomic mass is 35.7. The second-order valence-electron chi connectivity index (χ2n) is 3.28. The Hall–Kier alpha value is -0.340. The minimum absolute atomic E-state index is 0.523. The van der Waals surface area contributed by atoms with Gasteiger partial charge in [-0.25, -0.2) is 0 Å². The second kappa shape index (κ2) is 4.77. The second-order valence-corrected chi connectivity index (χ2v) is 4.36. The standard InChI is InChI=1S/C10H14ClNS/c1-8(2)12(3)9-4-6-10(13-11)7-5-9/h4-8H,1-3H3. The molecule has 0 saturated carbocycles. The molecule has 0 aliphatic rings. The highest BCUT2D eigenvalue weighted by molar-refractivity contribution is 8.21. The van der Waals surface area contributed by atoms with Gasteiger partial charge in [0.25, 0.3) is 0 Å². The lowest BCUT2D eigenvalue weighted by Gasteiger charge is -2.23. The fourth-order valence-electron chi connectivity index (χ4n) is 1.03. The van der Waals surface area contributed by atoms with E-state index in [1.807, 2.05) is 12.1 Å². The first-order chi connectivity index (χ1) is 6.15. The SMILES string of the molecule is CC(C)N(C)c1ccc(SCl)cc1. The van der Waals surface area contributed by atoms with Gasteiger partial charge in [0.2, 0.25) is 0 Å². The summed E-state index contributed by atoms with van der Waals surface area (Å²) in [4.78, 5) is 3.31. The first kappa shape index (κ1) is 10.7. The number of benzene rings is 1. The summed E-state index contributed by atoms with van der Waals surface area (Å²) < 4.78 is 0. The largest absolute Gasteiger partial charge is 0.372 e. The number of rotatable bonds is 3. The highest BCUT2D eigenvalue weighted by Gasteiger charge is 2.03. The molecule has 72 valence electrons. The van der Waals surface area contributed by atoms with Gasteiger partial charge in [-0.15, -0.1) is 0 Å². The van der Waals surface area contributed by atoms with Crippen LogP contribution in [0.15, 0.2) is 29.2 Å². The monoisotopic (exact) mass is 215 g/mol. The third-order valence-electron chi connectivity index (χ3n) is 2.11. The van der Waals surface area contributed by atoms with Crippen molar-refractivity contribution in [1.82, 2.24) is 0 Å². The summed E-state index contributed by atoms with van der Waals surface area (Å²) in [7, 11) is 8.97. The molecule has 0 atom stereocenters. The maximum atomic E-state index is 5.62. The molecule has 0 bridgehead atoms. The molecule has 1 aromatic rings. The van der Waals surface area contributed by atoms with E-state index in [1.54, 1.807) is 0 Å². The van der Waals surface area contributed by atoms with Gasteiger partial charge in [-0.2, -0.15) is 0 Å². The van der Waals surface area contributed by atoms with E-state index in [0.29, 0.717) is 6.04 Å². The summed E-state index contributed by atoms with van der Waals surface area (Å²) in [6.45, 7) is 4.34. The van der Waals surface area contributed by atoms with Crippen molar-refractivity contribution in [3.05, 3.63) is 24.3 Å². The molecule has 0 N–H and O–H groups in total. The lowest BCUT2D eigenvalue weighted by atomic mass is 10.2. The van der Waals surface area contributed by atoms with Gasteiger partial charge in [0.1, 0.15) is 0 Å². The van der Waals surface area contributed by atoms with Gasteiger partial charge >= 0.3 is 0 Å². The van der Waals surface area contributed by atoms with Gasteiger partial charge in [-0.1, -0.05) is 0 Å². The van der Waals surface area contributed by atoms with Gasteiger partial charge < -0.3 is 4.90 Å². The molecular weight excluding hydrogens is 202 g/mol. The average molecular weight is 216 g/mol. The van der Waals surface area contributed by atoms with Crippen LogP contribution in [-0.2, 0) is 0 Å². The Morgan fingerprint density at radius 1 is 1.23 bits per heavy atom. The molecule has 13 heavy (non-hydrogen) atoms. The molecule has 0 amide bonds. The molecule has 0 spiro atoms. The molecule has 1 nitrogen and oxygen atoms in total. The molecule has 0 unspecified atom stereocenters. The van der Waals surface area contributed by atoms with Crippen LogP contribution in [0.2, 0.25) is 0 Å². The fraction of sp³-hybridized carbons (Fsp3) is 0.400. The number of halogens is 1. The van der Waals surface area contributed by atoms with Crippen molar-refractivity contribution in [2.24, 2.45) is 0 Å². The summed E-state index contributed by atoms with van der Waals surface area (Å²) in [6.07, 6.45) is 0. The van der Waals surface area contributed by atoms with E-state index >= 15 is 0 Å². The topological polar surface area (TPSA) is 3.24 Å². The van der Waals surface area contributed by atoms with Crippen LogP contribution in [0.4, 0.5) is 5.69 Å². The van der Waals surface area contributed by atoms with Crippen LogP contribution in [0.3, 0.4) is 0 Å². The Balaban J connectivity index is 2.79. The van der Waals surface area contributed by atoms with E-state index in [-0.39, 0.29) is 0 Å². The number of hydrogen-bond donors (Lipinski definition) is 0. The van der Waals surface area contributed by atoms with Crippen molar-refractivity contribution >= 4 is 27.3 Å². The smallest absolute Gasteiger partial charge is 0.0366 e. The highest BCUT2D eigenvalue weighted by Crippen LogP contribution is 2.24. The Morgan fingerprint density at radius 3 is 2.15 bits per heavy atom. The zero-order valence-electron chi connectivity index (χ0n) is 8.12. The maximum absolute atomic E-state index is 5.62. The normalized spacial score (nSPS) is 10.5. The van der Waals surface area contributed by atoms with Crippen LogP contribution in [0.5, 0.6) is 0 Å². The van der Waals surface area contributed by atoms with Crippen LogP contribution in [0, 0.1) is 0 Å². The fourth-order valence-corrected chi connectivity index (χ4v) is 1.58. The van der Waals surface area contributed by atoms with E-state index in [4.69, 9.17) is 10.7 Å². The zero-order chi connectivity index (χ0) is 9.84. The number of anilines is 1. The van der Waals surface area contributed by atoms with Crippen LogP contribution < -0.4 is 4.90 Å². The molecule has 0 fully saturated rings. The first-order valence-corrected chi connectivity index (χ1v) is 5.91. The van der Waals surface area contributed by atoms with Gasteiger partial charge in [0.05, 0.1) is 0 Å². The van der Waals surface area contributed by atoms with Crippen LogP contribution in [-0.4, -0.2) is 13.1 Å². The van der Waals surface area contributed by atoms with Gasteiger partial charge in [-0.3, -0.25) is 0 Å². The first-order valence-electron chi connectivity index (χ1n) is 4.26. The third-order valence-corrected chi connectivity index (χ3v) is 3.09. The lowest BCUT2D eigenvalue weighted by Crippen LogP contribution is -2.25. The van der Waals surface area contributed by atoms with Crippen molar-refractivity contribution < 1.29 is 0 Å². The lowest BCUT2D eigenvalue weighted by molar-refractivity contribution is 0.754. The minimum atomic E-state index is 0.523. The predicted molar refractivity (Wildman–Crippen MR) is 61.7 cm³/mol. The number of hydrogen-bond acceptors (Lipinski definition) is 2. The van der Waals surface area contributed by atoms with Crippen molar-refractivity contribution in [2.45, 2.75) is 24.8 Å². The average Bonchev–Trinajstić information content (AvgIpc) is 2.17. The van der Waals surface area contributed by atoms with E-state index in [9.17, 15) is 0 Å². The van der Waals surface area contributed by atoms with Gasteiger partial charge in [0.15, 0.2) is 0 Å². The van der Waals surface area contributed by atoms with Crippen LogP contribution in [0.1, 0.15) is 13.8 Å². The summed E-state index contributed by atoms with van der Waals surface area (Å²) >= 11 is 0. The molecule has 0 aromatic heterocycles. The van der Waals surface area contributed by atoms with Crippen molar-refractivity contribution in [1.29, 1.82) is 0 Å². The van der Waals surface area contributed by atoms with E-state index in [2.05, 4.69) is 37.9 Å². The Kier molecular flexibility index (Phi) is 3.94. The molecule has 0 radical (unpaired) electrons. The van der Waals surface area contributed by atoms with Crippen molar-refractivity contribution in [3.8, 4) is 0 Å². The molecule has 1 aromatic carbocycles. The molecule has 0 aliphatic heterocycles. The molecule has 0 saturated heterocycles. The van der Waals surface area contributed by atoms with Crippen LogP contribution >= 0.6 is 21.7 Å². The van der Waals surface area contributed by atoms with E-state index in [0.717, 1.165) is 4.90 Å². The molecule has 0 aliphatic carbocycles. The minimum Gasteiger partial charge on any atom is -0.372 e.